The molecule has 7 nitrogen and oxygen atoms in total. The van der Waals surface area contributed by atoms with Crippen LogP contribution >= 0.6 is 0 Å². The number of ether oxygens (including phenoxy) is 2. The molecule has 0 bridgehead atoms. The lowest BCUT2D eigenvalue weighted by Crippen LogP contribution is -2.63. The molecule has 27 heavy (non-hydrogen) atoms. The van der Waals surface area contributed by atoms with Gasteiger partial charge in [0.05, 0.1) is 12.8 Å². The van der Waals surface area contributed by atoms with E-state index in [1.807, 2.05) is 40.7 Å². The van der Waals surface area contributed by atoms with Crippen LogP contribution in [-0.2, 0) is 14.3 Å². The number of hydrogen-bond acceptors (Lipinski definition) is 6. The molecule has 1 saturated carbocycles. The van der Waals surface area contributed by atoms with Crippen molar-refractivity contribution in [3.63, 3.8) is 0 Å². The fraction of sp³-hybridized carbons (Fsp3) is 0.750. The predicted molar refractivity (Wildman–Crippen MR) is 98.3 cm³/mol. The Morgan fingerprint density at radius 1 is 1.30 bits per heavy atom. The van der Waals surface area contributed by atoms with E-state index in [4.69, 9.17) is 14.0 Å². The molecule has 0 aromatic carbocycles. The largest absolute Gasteiger partial charge is 0.468 e. The Bertz CT molecular complexity index is 704. The molecular formula is C20H30N2O5. The zero-order valence-corrected chi connectivity index (χ0v) is 17.1. The van der Waals surface area contributed by atoms with Gasteiger partial charge in [0, 0.05) is 30.5 Å². The van der Waals surface area contributed by atoms with Gasteiger partial charge in [-0.25, -0.2) is 4.79 Å². The van der Waals surface area contributed by atoms with Gasteiger partial charge in [-0.3, -0.25) is 4.79 Å². The Morgan fingerprint density at radius 3 is 2.44 bits per heavy atom. The van der Waals surface area contributed by atoms with Gasteiger partial charge in [0.15, 0.2) is 5.76 Å². The third kappa shape index (κ3) is 3.96. The molecule has 1 spiro atoms. The van der Waals surface area contributed by atoms with Crippen LogP contribution in [-0.4, -0.2) is 47.9 Å². The number of aromatic nitrogens is 1. The second-order valence-electron chi connectivity index (χ2n) is 9.34. The van der Waals surface area contributed by atoms with Gasteiger partial charge in [0.2, 0.25) is 0 Å². The summed E-state index contributed by atoms with van der Waals surface area (Å²) in [7, 11) is 1.39. The quantitative estimate of drug-likeness (QED) is 0.743. The first-order valence-electron chi connectivity index (χ1n) is 9.56. The number of carbonyl (C=O) groups excluding carboxylic acids is 2. The average molecular weight is 378 g/mol. The number of methoxy groups -OCH3 is 1. The summed E-state index contributed by atoms with van der Waals surface area (Å²) in [6.45, 7) is 11.0. The molecule has 2 aliphatic rings. The van der Waals surface area contributed by atoms with E-state index >= 15 is 0 Å². The maximum absolute atomic E-state index is 12.1. The van der Waals surface area contributed by atoms with Gasteiger partial charge in [-0.2, -0.15) is 0 Å². The van der Waals surface area contributed by atoms with Crippen molar-refractivity contribution in [3.8, 4) is 0 Å². The minimum atomic E-state index is -0.467. The molecule has 1 aliphatic heterocycles. The highest BCUT2D eigenvalue weighted by Gasteiger charge is 2.55. The van der Waals surface area contributed by atoms with Crippen LogP contribution < -0.4 is 0 Å². The molecular weight excluding hydrogens is 348 g/mol. The molecule has 2 fully saturated rings. The first kappa shape index (κ1) is 19.7. The van der Waals surface area contributed by atoms with Crippen LogP contribution in [0.2, 0.25) is 0 Å². The van der Waals surface area contributed by atoms with Crippen molar-refractivity contribution in [2.45, 2.75) is 64.9 Å². The number of hydrogen-bond donors (Lipinski definition) is 0. The molecule has 0 radical (unpaired) electrons. The molecule has 0 N–H and O–H groups in total. The van der Waals surface area contributed by atoms with Crippen molar-refractivity contribution >= 4 is 12.1 Å². The van der Waals surface area contributed by atoms with E-state index in [0.717, 1.165) is 31.6 Å². The molecule has 1 aromatic rings. The number of rotatable bonds is 4. The van der Waals surface area contributed by atoms with Crippen molar-refractivity contribution in [2.24, 2.45) is 11.3 Å². The van der Waals surface area contributed by atoms with Gasteiger partial charge >= 0.3 is 12.1 Å². The normalized spacial score (nSPS) is 20.2. The molecule has 1 saturated heterocycles. The van der Waals surface area contributed by atoms with Crippen molar-refractivity contribution in [1.29, 1.82) is 0 Å². The van der Waals surface area contributed by atoms with Crippen molar-refractivity contribution in [3.05, 3.63) is 17.5 Å². The van der Waals surface area contributed by atoms with Gasteiger partial charge in [0.25, 0.3) is 0 Å². The van der Waals surface area contributed by atoms with Crippen LogP contribution in [0.4, 0.5) is 4.79 Å². The summed E-state index contributed by atoms with van der Waals surface area (Å²) < 4.78 is 15.8. The van der Waals surface area contributed by atoms with Crippen LogP contribution in [0.3, 0.4) is 0 Å². The van der Waals surface area contributed by atoms with E-state index in [1.165, 1.54) is 7.11 Å². The third-order valence-corrected chi connectivity index (χ3v) is 5.46. The fourth-order valence-corrected chi connectivity index (χ4v) is 4.16. The topological polar surface area (TPSA) is 81.9 Å². The summed E-state index contributed by atoms with van der Waals surface area (Å²) in [6.07, 6.45) is 1.71. The molecule has 2 heterocycles. The summed E-state index contributed by atoms with van der Waals surface area (Å²) >= 11 is 0. The van der Waals surface area contributed by atoms with Crippen LogP contribution in [0.1, 0.15) is 70.8 Å². The minimum Gasteiger partial charge on any atom is -0.468 e. The lowest BCUT2D eigenvalue weighted by molar-refractivity contribution is -0.144. The Morgan fingerprint density at radius 2 is 1.93 bits per heavy atom. The lowest BCUT2D eigenvalue weighted by Gasteiger charge is -2.58. The van der Waals surface area contributed by atoms with Crippen LogP contribution in [0.5, 0.6) is 0 Å². The van der Waals surface area contributed by atoms with E-state index in [9.17, 15) is 9.59 Å². The van der Waals surface area contributed by atoms with Crippen LogP contribution in [0.15, 0.2) is 10.6 Å². The lowest BCUT2D eigenvalue weighted by atomic mass is 9.57. The standard InChI is InChI=1S/C20H30N2O5/c1-12(2)16(17(23)25-6)15-7-14(21-27-15)13-8-20(9-13)10-22(11-20)18(24)26-19(3,4)5/h7,12-13,16H,8-11H2,1-6H3. The maximum atomic E-state index is 12.1. The minimum absolute atomic E-state index is 0.0694. The van der Waals surface area contributed by atoms with Crippen LogP contribution in [0, 0.1) is 11.3 Å². The third-order valence-electron chi connectivity index (χ3n) is 5.46. The van der Waals surface area contributed by atoms with Crippen LogP contribution in [0.25, 0.3) is 0 Å². The van der Waals surface area contributed by atoms with E-state index in [-0.39, 0.29) is 23.4 Å². The number of likely N-dealkylation sites (tertiary alicyclic amines) is 1. The van der Waals surface area contributed by atoms with Gasteiger partial charge < -0.3 is 18.9 Å². The highest BCUT2D eigenvalue weighted by molar-refractivity contribution is 5.77. The Hall–Kier alpha value is -2.05. The average Bonchev–Trinajstić information content (AvgIpc) is 2.91. The molecule has 1 unspecified atom stereocenters. The molecule has 1 aromatic heterocycles. The van der Waals surface area contributed by atoms with Crippen molar-refractivity contribution in [2.75, 3.05) is 20.2 Å². The highest BCUT2D eigenvalue weighted by atomic mass is 16.6. The molecule has 1 amide bonds. The summed E-state index contributed by atoms with van der Waals surface area (Å²) in [5.74, 6) is 0.215. The number of amides is 1. The first-order valence-corrected chi connectivity index (χ1v) is 9.56. The number of carbonyl (C=O) groups is 2. The number of nitrogens with zero attached hydrogens (tertiary/aromatic N) is 2. The summed E-state index contributed by atoms with van der Waals surface area (Å²) in [6, 6.07) is 1.89. The summed E-state index contributed by atoms with van der Waals surface area (Å²) in [5, 5.41) is 4.20. The van der Waals surface area contributed by atoms with Gasteiger partial charge in [-0.05, 0) is 39.5 Å². The predicted octanol–water partition coefficient (Wildman–Crippen LogP) is 3.70. The van der Waals surface area contributed by atoms with Gasteiger partial charge in [0.1, 0.15) is 11.5 Å². The molecule has 1 atom stereocenters. The van der Waals surface area contributed by atoms with Gasteiger partial charge in [-0.1, -0.05) is 19.0 Å². The second-order valence-corrected chi connectivity index (χ2v) is 9.34. The Labute approximate surface area is 160 Å². The van der Waals surface area contributed by atoms with E-state index in [2.05, 4.69) is 5.16 Å². The summed E-state index contributed by atoms with van der Waals surface area (Å²) in [4.78, 5) is 25.9. The summed E-state index contributed by atoms with van der Waals surface area (Å²) in [5.41, 5.74) is 0.604. The highest BCUT2D eigenvalue weighted by Crippen LogP contribution is 2.56. The molecule has 150 valence electrons. The second kappa shape index (κ2) is 6.84. The van der Waals surface area contributed by atoms with E-state index in [1.54, 1.807) is 4.90 Å². The van der Waals surface area contributed by atoms with E-state index in [0.29, 0.717) is 11.7 Å². The zero-order chi connectivity index (χ0) is 20.0. The Kier molecular flexibility index (Phi) is 4.99. The van der Waals surface area contributed by atoms with E-state index < -0.39 is 11.5 Å². The first-order chi connectivity index (χ1) is 12.5. The molecule has 7 heteroatoms. The smallest absolute Gasteiger partial charge is 0.410 e. The number of esters is 1. The SMILES string of the molecule is COC(=O)C(c1cc(C2CC3(C2)CN(C(=O)OC(C)(C)C)C3)no1)C(C)C. The monoisotopic (exact) mass is 378 g/mol. The Balaban J connectivity index is 1.55. The molecule has 1 aliphatic carbocycles. The fourth-order valence-electron chi connectivity index (χ4n) is 4.16. The van der Waals surface area contributed by atoms with Crippen molar-refractivity contribution < 1.29 is 23.6 Å². The van der Waals surface area contributed by atoms with Gasteiger partial charge in [-0.15, -0.1) is 0 Å². The maximum Gasteiger partial charge on any atom is 0.410 e. The molecule has 3 rings (SSSR count). The zero-order valence-electron chi connectivity index (χ0n) is 17.1. The van der Waals surface area contributed by atoms with Crippen molar-refractivity contribution in [1.82, 2.24) is 10.1 Å².